The third-order valence-electron chi connectivity index (χ3n) is 5.00. The largest absolute Gasteiger partial charge is 0.483 e. The molecular formula is C22H15F2IN4O2. The predicted molar refractivity (Wildman–Crippen MR) is 119 cm³/mol. The summed E-state index contributed by atoms with van der Waals surface area (Å²) in [5, 5.41) is 0.614. The van der Waals surface area contributed by atoms with Crippen molar-refractivity contribution in [2.45, 2.75) is 17.1 Å². The van der Waals surface area contributed by atoms with Crippen LogP contribution in [-0.2, 0) is 6.61 Å². The maximum Gasteiger partial charge on any atom is 0.198 e. The van der Waals surface area contributed by atoms with Crippen molar-refractivity contribution in [1.82, 2.24) is 15.0 Å². The zero-order chi connectivity index (χ0) is 21.5. The van der Waals surface area contributed by atoms with Crippen LogP contribution in [0.3, 0.4) is 0 Å². The number of carbonyl (C=O) groups excluding carboxylic acids is 1. The maximum absolute atomic E-state index is 14.7. The smallest absolute Gasteiger partial charge is 0.198 e. The van der Waals surface area contributed by atoms with Gasteiger partial charge in [0.25, 0.3) is 0 Å². The van der Waals surface area contributed by atoms with Gasteiger partial charge in [0.05, 0.1) is 16.6 Å². The number of aromatic nitrogens is 3. The van der Waals surface area contributed by atoms with Crippen molar-refractivity contribution in [3.8, 4) is 5.75 Å². The lowest BCUT2D eigenvalue weighted by molar-refractivity contribution is 0.103. The highest BCUT2D eigenvalue weighted by atomic mass is 127. The highest BCUT2D eigenvalue weighted by Gasteiger charge is 2.21. The Morgan fingerprint density at radius 1 is 1.19 bits per heavy atom. The molecule has 4 aromatic rings. The van der Waals surface area contributed by atoms with Gasteiger partial charge in [0.15, 0.2) is 17.3 Å². The number of carbonyl (C=O) groups is 1. The molecule has 1 atom stereocenters. The number of fused-ring (bicyclic) bond motifs is 2. The fourth-order valence-electron chi connectivity index (χ4n) is 3.51. The van der Waals surface area contributed by atoms with Crippen molar-refractivity contribution in [3.05, 3.63) is 81.9 Å². The van der Waals surface area contributed by atoms with E-state index in [1.54, 1.807) is 0 Å². The molecule has 31 heavy (non-hydrogen) atoms. The number of para-hydroxylation sites is 2. The summed E-state index contributed by atoms with van der Waals surface area (Å²) in [4.78, 5) is 27.6. The van der Waals surface area contributed by atoms with E-state index in [2.05, 4.69) is 42.5 Å². The van der Waals surface area contributed by atoms with E-state index in [0.717, 1.165) is 23.2 Å². The van der Waals surface area contributed by atoms with Gasteiger partial charge in [-0.25, -0.2) is 13.8 Å². The Morgan fingerprint density at radius 2 is 2.03 bits per heavy atom. The number of nitrogens with one attached hydrogen (secondary N) is 2. The molecule has 0 saturated carbocycles. The number of halogens is 3. The number of ketones is 1. The second-order valence-electron chi connectivity index (χ2n) is 7.05. The number of rotatable bonds is 5. The van der Waals surface area contributed by atoms with Gasteiger partial charge in [-0.3, -0.25) is 9.79 Å². The van der Waals surface area contributed by atoms with Gasteiger partial charge in [-0.05, 0) is 24.6 Å². The standard InChI is InChI=1S/C22H15F2IN4O2/c23-14-8-18(31-10-20-27-16-3-1-2-4-17(16)28-20)15(24)7-12(14)21(30)13-9-26-22-11(13)5-6-19(25)29-22/h1-5,7-9,19H,6,10H2,(H,26,29)(H,27,28)/t19-/m0/s1. The molecular weight excluding hydrogens is 517 g/mol. The van der Waals surface area contributed by atoms with Crippen LogP contribution < -0.4 is 15.4 Å². The molecule has 5 rings (SSSR count). The predicted octanol–water partition coefficient (Wildman–Crippen LogP) is 3.54. The monoisotopic (exact) mass is 532 g/mol. The quantitative estimate of drug-likeness (QED) is 0.179. The molecule has 0 unspecified atom stereocenters. The second kappa shape index (κ2) is 7.88. The lowest BCUT2D eigenvalue weighted by Gasteiger charge is -2.09. The lowest BCUT2D eigenvalue weighted by Crippen LogP contribution is -2.31. The highest BCUT2D eigenvalue weighted by Crippen LogP contribution is 2.24. The molecule has 1 aliphatic rings. The van der Waals surface area contributed by atoms with E-state index in [0.29, 0.717) is 23.0 Å². The highest BCUT2D eigenvalue weighted by molar-refractivity contribution is 14.1. The van der Waals surface area contributed by atoms with Gasteiger partial charge in [-0.1, -0.05) is 40.8 Å². The summed E-state index contributed by atoms with van der Waals surface area (Å²) in [7, 11) is 0. The van der Waals surface area contributed by atoms with Gasteiger partial charge in [0.1, 0.15) is 27.8 Å². The van der Waals surface area contributed by atoms with E-state index >= 15 is 0 Å². The Hall–Kier alpha value is -3.08. The Morgan fingerprint density at radius 3 is 2.87 bits per heavy atom. The first-order valence-electron chi connectivity index (χ1n) is 9.49. The van der Waals surface area contributed by atoms with Crippen molar-refractivity contribution < 1.29 is 18.3 Å². The summed E-state index contributed by atoms with van der Waals surface area (Å²) >= 11 is 2.19. The third-order valence-corrected chi connectivity index (χ3v) is 5.78. The molecule has 9 heteroatoms. The zero-order valence-corrected chi connectivity index (χ0v) is 18.1. The van der Waals surface area contributed by atoms with Crippen molar-refractivity contribution in [3.63, 3.8) is 0 Å². The topological polar surface area (TPSA) is 83.1 Å². The Labute approximate surface area is 188 Å². The third kappa shape index (κ3) is 3.73. The molecule has 2 N–H and O–H groups in total. The Kier molecular flexibility index (Phi) is 5.05. The van der Waals surface area contributed by atoms with E-state index in [4.69, 9.17) is 4.74 Å². The van der Waals surface area contributed by atoms with Gasteiger partial charge in [-0.2, -0.15) is 0 Å². The average Bonchev–Trinajstić information content (AvgIpc) is 3.36. The molecule has 0 spiro atoms. The second-order valence-corrected chi connectivity index (χ2v) is 8.49. The van der Waals surface area contributed by atoms with Gasteiger partial charge >= 0.3 is 0 Å². The first-order chi connectivity index (χ1) is 15.0. The number of alkyl halides is 1. The van der Waals surface area contributed by atoms with E-state index in [-0.39, 0.29) is 27.5 Å². The van der Waals surface area contributed by atoms with E-state index in [1.807, 2.05) is 30.3 Å². The van der Waals surface area contributed by atoms with Crippen LogP contribution in [0.2, 0.25) is 0 Å². The molecule has 0 fully saturated rings. The summed E-state index contributed by atoms with van der Waals surface area (Å²) in [5.74, 6) is -2.12. The summed E-state index contributed by atoms with van der Waals surface area (Å²) in [5.41, 5.74) is 2.04. The number of imidazole rings is 1. The number of hydrogen-bond donors (Lipinski definition) is 2. The molecule has 0 radical (unpaired) electrons. The Bertz CT molecular complexity index is 1410. The van der Waals surface area contributed by atoms with Gasteiger partial charge < -0.3 is 14.7 Å². The first kappa shape index (κ1) is 19.9. The molecule has 0 amide bonds. The molecule has 1 aliphatic heterocycles. The van der Waals surface area contributed by atoms with Crippen molar-refractivity contribution in [2.24, 2.45) is 4.99 Å². The van der Waals surface area contributed by atoms with Crippen molar-refractivity contribution >= 4 is 45.5 Å². The minimum absolute atomic E-state index is 0.0718. The molecule has 0 aliphatic carbocycles. The lowest BCUT2D eigenvalue weighted by atomic mass is 10.0. The molecule has 2 aromatic heterocycles. The minimum atomic E-state index is -0.861. The molecule has 0 bridgehead atoms. The molecule has 0 saturated heterocycles. The van der Waals surface area contributed by atoms with Crippen LogP contribution in [0.25, 0.3) is 17.1 Å². The van der Waals surface area contributed by atoms with Gasteiger partial charge in [-0.15, -0.1) is 0 Å². The normalized spacial score (nSPS) is 15.3. The van der Waals surface area contributed by atoms with Crippen LogP contribution in [0.1, 0.15) is 28.2 Å². The number of hydrogen-bond acceptors (Lipinski definition) is 4. The van der Waals surface area contributed by atoms with E-state index in [9.17, 15) is 13.6 Å². The fraction of sp³-hybridized carbons (Fsp3) is 0.136. The van der Waals surface area contributed by atoms with Crippen LogP contribution in [0.5, 0.6) is 5.75 Å². The van der Waals surface area contributed by atoms with Crippen molar-refractivity contribution in [1.29, 1.82) is 0 Å². The van der Waals surface area contributed by atoms with Crippen molar-refractivity contribution in [2.75, 3.05) is 0 Å². The number of nitrogens with zero attached hydrogens (tertiary/aromatic N) is 2. The maximum atomic E-state index is 14.7. The number of aromatic amines is 2. The SMILES string of the molecule is O=C(c1cc(F)c(OCc2nc3ccccc3[nH]2)cc1F)c1c[nH]c2c1=CC[C@@H](I)N=2. The van der Waals surface area contributed by atoms with Crippen LogP contribution in [0.15, 0.2) is 47.6 Å². The summed E-state index contributed by atoms with van der Waals surface area (Å²) in [6, 6.07) is 9.17. The number of H-pyrrole nitrogens is 2. The zero-order valence-electron chi connectivity index (χ0n) is 16.0. The number of benzene rings is 2. The first-order valence-corrected chi connectivity index (χ1v) is 10.7. The van der Waals surface area contributed by atoms with Crippen LogP contribution in [0.4, 0.5) is 8.78 Å². The fourth-order valence-corrected chi connectivity index (χ4v) is 4.04. The van der Waals surface area contributed by atoms with Crippen LogP contribution in [0, 0.1) is 11.6 Å². The van der Waals surface area contributed by atoms with Crippen LogP contribution >= 0.6 is 22.6 Å². The van der Waals surface area contributed by atoms with E-state index < -0.39 is 17.4 Å². The van der Waals surface area contributed by atoms with Crippen LogP contribution in [-0.4, -0.2) is 24.8 Å². The Balaban J connectivity index is 1.40. The van der Waals surface area contributed by atoms with Gasteiger partial charge in [0.2, 0.25) is 0 Å². The molecule has 3 heterocycles. The van der Waals surface area contributed by atoms with E-state index in [1.165, 1.54) is 6.20 Å². The number of ether oxygens (including phenoxy) is 1. The molecule has 6 nitrogen and oxygen atoms in total. The summed E-state index contributed by atoms with van der Waals surface area (Å²) in [6.45, 7) is -0.0718. The molecule has 156 valence electrons. The average molecular weight is 532 g/mol. The molecule has 2 aromatic carbocycles. The minimum Gasteiger partial charge on any atom is -0.483 e. The summed E-state index contributed by atoms with van der Waals surface area (Å²) in [6.07, 6.45) is 4.02. The van der Waals surface area contributed by atoms with Gasteiger partial charge in [0, 0.05) is 23.0 Å². The summed E-state index contributed by atoms with van der Waals surface area (Å²) < 4.78 is 34.8.